The molecule has 0 unspecified atom stereocenters. The molecule has 0 amide bonds. The standard InChI is InChI=1S/C24H42O.CH2O/c1-2-3-4-5-6-7-8-9-10-11-12-13-14-15-16-17-18-23-19-21-24(25)22-20-23;1-2/h19-22,25H,2-18H2,1H3;1H2. The summed E-state index contributed by atoms with van der Waals surface area (Å²) in [7, 11) is 0. The van der Waals surface area contributed by atoms with Gasteiger partial charge in [-0.1, -0.05) is 115 Å². The second kappa shape index (κ2) is 21.0. The van der Waals surface area contributed by atoms with E-state index in [0.29, 0.717) is 5.75 Å². The summed E-state index contributed by atoms with van der Waals surface area (Å²) in [5, 5.41) is 9.27. The number of hydrogen-bond donors (Lipinski definition) is 1. The van der Waals surface area contributed by atoms with Gasteiger partial charge in [0.05, 0.1) is 0 Å². The zero-order chi connectivity index (χ0) is 20.0. The minimum atomic E-state index is 0.371. The lowest BCUT2D eigenvalue weighted by Gasteiger charge is -2.04. The summed E-state index contributed by atoms with van der Waals surface area (Å²) < 4.78 is 0. The van der Waals surface area contributed by atoms with Gasteiger partial charge in [-0.2, -0.15) is 0 Å². The van der Waals surface area contributed by atoms with Crippen molar-refractivity contribution in [2.24, 2.45) is 0 Å². The number of carbonyl (C=O) groups is 1. The Morgan fingerprint density at radius 2 is 0.926 bits per heavy atom. The van der Waals surface area contributed by atoms with E-state index in [1.165, 1.54) is 108 Å². The molecule has 2 heteroatoms. The third-order valence-corrected chi connectivity index (χ3v) is 5.26. The molecule has 0 radical (unpaired) electrons. The molecule has 0 aliphatic rings. The Morgan fingerprint density at radius 3 is 1.30 bits per heavy atom. The van der Waals surface area contributed by atoms with E-state index >= 15 is 0 Å². The van der Waals surface area contributed by atoms with Gasteiger partial charge in [-0.25, -0.2) is 0 Å². The quantitative estimate of drug-likeness (QED) is 0.279. The highest BCUT2D eigenvalue weighted by molar-refractivity contribution is 5.25. The highest BCUT2D eigenvalue weighted by Crippen LogP contribution is 2.15. The van der Waals surface area contributed by atoms with Crippen LogP contribution in [0.15, 0.2) is 24.3 Å². The molecule has 0 saturated heterocycles. The fourth-order valence-electron chi connectivity index (χ4n) is 3.54. The van der Waals surface area contributed by atoms with E-state index in [0.717, 1.165) is 6.42 Å². The maximum atomic E-state index is 9.27. The van der Waals surface area contributed by atoms with Gasteiger partial charge in [-0.15, -0.1) is 0 Å². The Balaban J connectivity index is 0.00000326. The van der Waals surface area contributed by atoms with Crippen LogP contribution in [0.1, 0.15) is 115 Å². The van der Waals surface area contributed by atoms with Crippen molar-refractivity contribution >= 4 is 6.79 Å². The highest BCUT2D eigenvalue weighted by atomic mass is 16.3. The van der Waals surface area contributed by atoms with Crippen molar-refractivity contribution in [3.05, 3.63) is 29.8 Å². The van der Waals surface area contributed by atoms with Crippen molar-refractivity contribution in [2.45, 2.75) is 116 Å². The predicted octanol–water partition coefficient (Wildman–Crippen LogP) is 8.01. The minimum absolute atomic E-state index is 0.371. The molecule has 1 rings (SSSR count). The van der Waals surface area contributed by atoms with E-state index in [1.807, 2.05) is 18.9 Å². The van der Waals surface area contributed by atoms with Crippen LogP contribution < -0.4 is 0 Å². The Hall–Kier alpha value is -1.31. The van der Waals surface area contributed by atoms with Crippen LogP contribution in [0.3, 0.4) is 0 Å². The molecule has 1 aromatic rings. The Labute approximate surface area is 168 Å². The molecule has 1 N–H and O–H groups in total. The largest absolute Gasteiger partial charge is 0.508 e. The molecule has 156 valence electrons. The van der Waals surface area contributed by atoms with Crippen LogP contribution in [-0.2, 0) is 11.2 Å². The molecule has 0 bridgehead atoms. The number of phenolic OH excluding ortho intramolecular Hbond substituents is 1. The van der Waals surface area contributed by atoms with Crippen molar-refractivity contribution in [2.75, 3.05) is 0 Å². The molecule has 2 nitrogen and oxygen atoms in total. The van der Waals surface area contributed by atoms with Gasteiger partial charge in [-0.3, -0.25) is 0 Å². The normalized spacial score (nSPS) is 10.4. The SMILES string of the molecule is C=O.CCCCCCCCCCCCCCCCCCc1ccc(O)cc1. The first-order valence-corrected chi connectivity index (χ1v) is 11.4. The minimum Gasteiger partial charge on any atom is -0.508 e. The van der Waals surface area contributed by atoms with Gasteiger partial charge in [0.15, 0.2) is 0 Å². The molecule has 1 aromatic carbocycles. The van der Waals surface area contributed by atoms with Gasteiger partial charge in [0.1, 0.15) is 12.5 Å². The molecule has 0 atom stereocenters. The zero-order valence-corrected chi connectivity index (χ0v) is 17.9. The van der Waals surface area contributed by atoms with Crippen molar-refractivity contribution in [3.63, 3.8) is 0 Å². The molecule has 0 aromatic heterocycles. The van der Waals surface area contributed by atoms with Crippen LogP contribution in [-0.4, -0.2) is 11.9 Å². The van der Waals surface area contributed by atoms with E-state index < -0.39 is 0 Å². The zero-order valence-electron chi connectivity index (χ0n) is 17.9. The predicted molar refractivity (Wildman–Crippen MR) is 118 cm³/mol. The van der Waals surface area contributed by atoms with Gasteiger partial charge in [0.25, 0.3) is 0 Å². The third kappa shape index (κ3) is 17.8. The lowest BCUT2D eigenvalue weighted by Crippen LogP contribution is -1.86. The number of rotatable bonds is 17. The molecular formula is C25H44O2. The lowest BCUT2D eigenvalue weighted by molar-refractivity contribution is -0.0979. The third-order valence-electron chi connectivity index (χ3n) is 5.26. The number of hydrogen-bond acceptors (Lipinski definition) is 2. The topological polar surface area (TPSA) is 37.3 Å². The first kappa shape index (κ1) is 25.7. The summed E-state index contributed by atoms with van der Waals surface area (Å²) in [6.07, 6.45) is 23.9. The van der Waals surface area contributed by atoms with E-state index in [2.05, 4.69) is 6.92 Å². The average Bonchev–Trinajstić information content (AvgIpc) is 2.70. The first-order chi connectivity index (χ1) is 13.3. The number of unbranched alkanes of at least 4 members (excludes halogenated alkanes) is 15. The Kier molecular flexibility index (Phi) is 20.0. The monoisotopic (exact) mass is 376 g/mol. The van der Waals surface area contributed by atoms with E-state index in [9.17, 15) is 5.11 Å². The fraction of sp³-hybridized carbons (Fsp3) is 0.720. The summed E-state index contributed by atoms with van der Waals surface area (Å²) in [6.45, 7) is 4.29. The Morgan fingerprint density at radius 1 is 0.593 bits per heavy atom. The summed E-state index contributed by atoms with van der Waals surface area (Å²) >= 11 is 0. The second-order valence-electron chi connectivity index (χ2n) is 7.72. The average molecular weight is 377 g/mol. The molecule has 0 aliphatic carbocycles. The summed E-state index contributed by atoms with van der Waals surface area (Å²) in [5.74, 6) is 0.371. The van der Waals surface area contributed by atoms with Crippen molar-refractivity contribution in [3.8, 4) is 5.75 Å². The van der Waals surface area contributed by atoms with Gasteiger partial charge in [-0.05, 0) is 30.5 Å². The van der Waals surface area contributed by atoms with Crippen molar-refractivity contribution in [1.82, 2.24) is 0 Å². The van der Waals surface area contributed by atoms with Gasteiger partial charge in [0.2, 0.25) is 0 Å². The molecule has 0 aliphatic heterocycles. The second-order valence-corrected chi connectivity index (χ2v) is 7.72. The van der Waals surface area contributed by atoms with Crippen molar-refractivity contribution in [1.29, 1.82) is 0 Å². The first-order valence-electron chi connectivity index (χ1n) is 11.4. The van der Waals surface area contributed by atoms with Crippen LogP contribution >= 0.6 is 0 Å². The summed E-state index contributed by atoms with van der Waals surface area (Å²) in [4.78, 5) is 8.00. The van der Waals surface area contributed by atoms with Gasteiger partial charge in [0, 0.05) is 0 Å². The highest BCUT2D eigenvalue weighted by Gasteiger charge is 1.96. The summed E-state index contributed by atoms with van der Waals surface area (Å²) in [5.41, 5.74) is 1.35. The molecular weight excluding hydrogens is 332 g/mol. The number of benzene rings is 1. The van der Waals surface area contributed by atoms with E-state index in [1.54, 1.807) is 12.1 Å². The molecule has 0 spiro atoms. The number of aryl methyl sites for hydroxylation is 1. The Bertz CT molecular complexity index is 399. The number of aromatic hydroxyl groups is 1. The lowest BCUT2D eigenvalue weighted by atomic mass is 10.0. The van der Waals surface area contributed by atoms with Crippen LogP contribution in [0.25, 0.3) is 0 Å². The van der Waals surface area contributed by atoms with Crippen molar-refractivity contribution < 1.29 is 9.90 Å². The molecule has 0 fully saturated rings. The van der Waals surface area contributed by atoms with Crippen LogP contribution in [0.2, 0.25) is 0 Å². The molecule has 0 saturated carbocycles. The maximum absolute atomic E-state index is 9.27. The van der Waals surface area contributed by atoms with Gasteiger partial charge >= 0.3 is 0 Å². The van der Waals surface area contributed by atoms with Crippen LogP contribution in [0.4, 0.5) is 0 Å². The van der Waals surface area contributed by atoms with E-state index in [4.69, 9.17) is 4.79 Å². The van der Waals surface area contributed by atoms with Crippen LogP contribution in [0, 0.1) is 0 Å². The molecule has 27 heavy (non-hydrogen) atoms. The molecule has 0 heterocycles. The van der Waals surface area contributed by atoms with Crippen LogP contribution in [0.5, 0.6) is 5.75 Å². The van der Waals surface area contributed by atoms with E-state index in [-0.39, 0.29) is 0 Å². The maximum Gasteiger partial charge on any atom is 0.115 e. The summed E-state index contributed by atoms with van der Waals surface area (Å²) in [6, 6.07) is 7.67. The fourth-order valence-corrected chi connectivity index (χ4v) is 3.54. The van der Waals surface area contributed by atoms with Gasteiger partial charge < -0.3 is 9.90 Å². The number of phenols is 1. The smallest absolute Gasteiger partial charge is 0.115 e. The number of carbonyl (C=O) groups excluding carboxylic acids is 1.